The molecule has 0 spiro atoms. The molecule has 0 aliphatic rings. The maximum absolute atomic E-state index is 11.9. The minimum atomic E-state index is -1.15. The highest BCUT2D eigenvalue weighted by molar-refractivity contribution is 5.96. The smallest absolute Gasteiger partial charge is 0.322 e. The molecule has 7 heteroatoms. The Balaban J connectivity index is 1.85. The van der Waals surface area contributed by atoms with Crippen LogP contribution in [0.2, 0.25) is 0 Å². The lowest BCUT2D eigenvalue weighted by Gasteiger charge is -2.07. The first-order valence-electron chi connectivity index (χ1n) is 7.14. The van der Waals surface area contributed by atoms with Gasteiger partial charge in [0.25, 0.3) is 5.91 Å². The van der Waals surface area contributed by atoms with Crippen molar-refractivity contribution in [2.45, 2.75) is 0 Å². The molecule has 2 rings (SSSR count). The molecule has 24 heavy (non-hydrogen) atoms. The van der Waals surface area contributed by atoms with Gasteiger partial charge in [0.15, 0.2) is 0 Å². The number of benzene rings is 2. The van der Waals surface area contributed by atoms with E-state index in [1.54, 1.807) is 24.3 Å². The Morgan fingerprint density at radius 2 is 1.46 bits per heavy atom. The zero-order valence-electron chi connectivity index (χ0n) is 12.7. The Hall–Kier alpha value is -3.35. The quantitative estimate of drug-likeness (QED) is 0.713. The molecule has 3 N–H and O–H groups in total. The van der Waals surface area contributed by atoms with Crippen LogP contribution in [0.15, 0.2) is 54.6 Å². The van der Waals surface area contributed by atoms with Crippen molar-refractivity contribution in [3.63, 3.8) is 0 Å². The van der Waals surface area contributed by atoms with E-state index in [0.29, 0.717) is 17.1 Å². The van der Waals surface area contributed by atoms with Crippen molar-refractivity contribution in [2.75, 3.05) is 13.1 Å². The zero-order chi connectivity index (χ0) is 17.4. The predicted molar refractivity (Wildman–Crippen MR) is 85.9 cm³/mol. The lowest BCUT2D eigenvalue weighted by atomic mass is 10.2. The van der Waals surface area contributed by atoms with Crippen molar-refractivity contribution in [3.8, 4) is 11.5 Å². The number of rotatable bonds is 7. The number of hydrogen-bond acceptors (Lipinski definition) is 4. The molecule has 0 aliphatic heterocycles. The Morgan fingerprint density at radius 1 is 0.833 bits per heavy atom. The highest BCUT2D eigenvalue weighted by atomic mass is 16.5. The predicted octanol–water partition coefficient (Wildman–Crippen LogP) is 1.41. The van der Waals surface area contributed by atoms with E-state index in [0.717, 1.165) is 0 Å². The second-order valence-corrected chi connectivity index (χ2v) is 4.79. The third-order valence-corrected chi connectivity index (χ3v) is 2.94. The average molecular weight is 328 g/mol. The van der Waals surface area contributed by atoms with Crippen LogP contribution in [0.25, 0.3) is 0 Å². The van der Waals surface area contributed by atoms with Crippen molar-refractivity contribution in [1.82, 2.24) is 10.6 Å². The fourth-order valence-electron chi connectivity index (χ4n) is 1.80. The molecule has 2 aromatic rings. The first kappa shape index (κ1) is 17.0. The molecule has 0 saturated carbocycles. The van der Waals surface area contributed by atoms with Crippen LogP contribution < -0.4 is 15.4 Å². The molecule has 2 aromatic carbocycles. The zero-order valence-corrected chi connectivity index (χ0v) is 12.7. The number of carboxylic acid groups (broad SMARTS) is 1. The third kappa shape index (κ3) is 5.45. The summed E-state index contributed by atoms with van der Waals surface area (Å²) < 4.78 is 5.61. The van der Waals surface area contributed by atoms with Gasteiger partial charge < -0.3 is 20.5 Å². The normalized spacial score (nSPS) is 9.83. The number of nitrogens with one attached hydrogen (secondary N) is 2. The Kier molecular flexibility index (Phi) is 5.90. The summed E-state index contributed by atoms with van der Waals surface area (Å²) in [6, 6.07) is 15.7. The number of hydrogen-bond donors (Lipinski definition) is 3. The molecule has 2 amide bonds. The summed E-state index contributed by atoms with van der Waals surface area (Å²) in [5.74, 6) is -0.896. The highest BCUT2D eigenvalue weighted by Gasteiger charge is 2.09. The molecule has 0 saturated heterocycles. The van der Waals surface area contributed by atoms with Crippen molar-refractivity contribution in [3.05, 3.63) is 60.2 Å². The summed E-state index contributed by atoms with van der Waals surface area (Å²) in [6.45, 7) is -0.783. The molecule has 0 heterocycles. The van der Waals surface area contributed by atoms with Gasteiger partial charge in [-0.3, -0.25) is 14.4 Å². The Morgan fingerprint density at radius 3 is 2.08 bits per heavy atom. The second kappa shape index (κ2) is 8.33. The van der Waals surface area contributed by atoms with Gasteiger partial charge in [0.2, 0.25) is 5.91 Å². The summed E-state index contributed by atoms with van der Waals surface area (Å²) in [5.41, 5.74) is 0.362. The van der Waals surface area contributed by atoms with Gasteiger partial charge in [-0.15, -0.1) is 0 Å². The molecule has 0 aliphatic carbocycles. The summed E-state index contributed by atoms with van der Waals surface area (Å²) in [5, 5.41) is 13.0. The van der Waals surface area contributed by atoms with Gasteiger partial charge in [-0.2, -0.15) is 0 Å². The van der Waals surface area contributed by atoms with Gasteiger partial charge in [0.05, 0.1) is 6.54 Å². The van der Waals surface area contributed by atoms with Crippen LogP contribution in [-0.2, 0) is 9.59 Å². The van der Waals surface area contributed by atoms with E-state index in [9.17, 15) is 14.4 Å². The number of carbonyl (C=O) groups excluding carboxylic acids is 2. The maximum Gasteiger partial charge on any atom is 0.322 e. The molecular formula is C17H16N2O5. The van der Waals surface area contributed by atoms with Crippen LogP contribution in [0.5, 0.6) is 11.5 Å². The van der Waals surface area contributed by atoms with Crippen LogP contribution >= 0.6 is 0 Å². The monoisotopic (exact) mass is 328 g/mol. The fourth-order valence-corrected chi connectivity index (χ4v) is 1.80. The minimum absolute atomic E-state index is 0.297. The van der Waals surface area contributed by atoms with E-state index >= 15 is 0 Å². The largest absolute Gasteiger partial charge is 0.480 e. The average Bonchev–Trinajstić information content (AvgIpc) is 2.59. The third-order valence-electron chi connectivity index (χ3n) is 2.94. The van der Waals surface area contributed by atoms with Crippen molar-refractivity contribution in [2.24, 2.45) is 0 Å². The van der Waals surface area contributed by atoms with Gasteiger partial charge in [-0.1, -0.05) is 18.2 Å². The minimum Gasteiger partial charge on any atom is -0.480 e. The molecule has 0 atom stereocenters. The summed E-state index contributed by atoms with van der Waals surface area (Å²) in [4.78, 5) is 33.6. The van der Waals surface area contributed by atoms with Gasteiger partial charge in [0.1, 0.15) is 18.0 Å². The van der Waals surface area contributed by atoms with E-state index in [2.05, 4.69) is 10.6 Å². The van der Waals surface area contributed by atoms with E-state index < -0.39 is 24.3 Å². The van der Waals surface area contributed by atoms with Crippen LogP contribution in [0.3, 0.4) is 0 Å². The molecule has 0 bridgehead atoms. The summed E-state index contributed by atoms with van der Waals surface area (Å²) >= 11 is 0. The van der Waals surface area contributed by atoms with Crippen molar-refractivity contribution < 1.29 is 24.2 Å². The topological polar surface area (TPSA) is 105 Å². The van der Waals surface area contributed by atoms with E-state index in [4.69, 9.17) is 9.84 Å². The highest BCUT2D eigenvalue weighted by Crippen LogP contribution is 2.20. The lowest BCUT2D eigenvalue weighted by molar-refractivity contribution is -0.137. The van der Waals surface area contributed by atoms with Crippen molar-refractivity contribution >= 4 is 17.8 Å². The molecule has 7 nitrogen and oxygen atoms in total. The number of aliphatic carboxylic acids is 1. The maximum atomic E-state index is 11.9. The van der Waals surface area contributed by atoms with Gasteiger partial charge in [-0.25, -0.2) is 0 Å². The number of ether oxygens (including phenoxy) is 1. The molecule has 124 valence electrons. The summed E-state index contributed by atoms with van der Waals surface area (Å²) in [7, 11) is 0. The van der Waals surface area contributed by atoms with Gasteiger partial charge in [-0.05, 0) is 36.4 Å². The van der Waals surface area contributed by atoms with Gasteiger partial charge >= 0.3 is 5.97 Å². The number of carbonyl (C=O) groups is 3. The van der Waals surface area contributed by atoms with Crippen LogP contribution in [0.4, 0.5) is 0 Å². The van der Waals surface area contributed by atoms with Crippen molar-refractivity contribution in [1.29, 1.82) is 0 Å². The Labute approximate surface area is 138 Å². The van der Waals surface area contributed by atoms with Crippen LogP contribution in [0.1, 0.15) is 10.4 Å². The van der Waals surface area contributed by atoms with E-state index in [-0.39, 0.29) is 6.54 Å². The fraction of sp³-hybridized carbons (Fsp3) is 0.118. The Bertz CT molecular complexity index is 714. The summed E-state index contributed by atoms with van der Waals surface area (Å²) in [6.07, 6.45) is 0. The first-order valence-corrected chi connectivity index (χ1v) is 7.14. The van der Waals surface area contributed by atoms with Crippen LogP contribution in [-0.4, -0.2) is 36.0 Å². The lowest BCUT2D eigenvalue weighted by Crippen LogP contribution is -2.38. The SMILES string of the molecule is O=C(O)CNC(=O)CNC(=O)c1ccc(Oc2ccccc2)cc1. The molecule has 0 unspecified atom stereocenters. The number of amides is 2. The van der Waals surface area contributed by atoms with E-state index in [1.807, 2.05) is 30.3 Å². The van der Waals surface area contributed by atoms with Crippen LogP contribution in [0, 0.1) is 0 Å². The first-order chi connectivity index (χ1) is 11.5. The molecule has 0 fully saturated rings. The standard InChI is InChI=1S/C17H16N2O5/c20-15(18-11-16(21)22)10-19-17(23)12-6-8-14(9-7-12)24-13-4-2-1-3-5-13/h1-9H,10-11H2,(H,18,20)(H,19,23)(H,21,22). The van der Waals surface area contributed by atoms with E-state index in [1.165, 1.54) is 0 Å². The molecule has 0 aromatic heterocycles. The molecular weight excluding hydrogens is 312 g/mol. The second-order valence-electron chi connectivity index (χ2n) is 4.79. The van der Waals surface area contributed by atoms with Gasteiger partial charge in [0, 0.05) is 5.56 Å². The number of carboxylic acids is 1. The molecule has 0 radical (unpaired) electrons. The number of para-hydroxylation sites is 1.